The molecule has 0 fully saturated rings. The molecule has 0 unspecified atom stereocenters. The van der Waals surface area contributed by atoms with Crippen molar-refractivity contribution in [3.8, 4) is 22.6 Å². The maximum atomic E-state index is 14.0. The lowest BCUT2D eigenvalue weighted by Gasteiger charge is -2.33. The Kier molecular flexibility index (Phi) is 7.32. The zero-order chi connectivity index (χ0) is 24.2. The zero-order valence-corrected chi connectivity index (χ0v) is 20.0. The number of hydrogen-bond acceptors (Lipinski definition) is 4. The average molecular weight is 450 g/mol. The molecule has 3 rings (SSSR count). The molecular formula is C28H32FNO3. The Morgan fingerprint density at radius 2 is 1.94 bits per heavy atom. The van der Waals surface area contributed by atoms with E-state index in [1.807, 2.05) is 25.1 Å². The summed E-state index contributed by atoms with van der Waals surface area (Å²) in [5, 5.41) is 13.5. The summed E-state index contributed by atoms with van der Waals surface area (Å²) in [6, 6.07) is 9.09. The summed E-state index contributed by atoms with van der Waals surface area (Å²) in [6.07, 6.45) is 7.36. The van der Waals surface area contributed by atoms with Gasteiger partial charge in [0.1, 0.15) is 29.7 Å². The maximum absolute atomic E-state index is 14.0. The number of nitrogens with one attached hydrogen (secondary N) is 1. The highest BCUT2D eigenvalue weighted by Crippen LogP contribution is 2.43. The number of benzene rings is 2. The van der Waals surface area contributed by atoms with Crippen LogP contribution < -0.4 is 10.1 Å². The van der Waals surface area contributed by atoms with Crippen LogP contribution in [0.25, 0.3) is 16.7 Å². The van der Waals surface area contributed by atoms with E-state index in [9.17, 15) is 9.50 Å². The zero-order valence-electron chi connectivity index (χ0n) is 20.0. The number of hydrogen-bond donors (Lipinski definition) is 2. The van der Waals surface area contributed by atoms with E-state index in [0.29, 0.717) is 5.75 Å². The number of rotatable bonds is 8. The molecule has 2 aromatic rings. The lowest BCUT2D eigenvalue weighted by Crippen LogP contribution is -2.32. The molecule has 0 amide bonds. The van der Waals surface area contributed by atoms with Gasteiger partial charge in [-0.1, -0.05) is 31.7 Å². The summed E-state index contributed by atoms with van der Waals surface area (Å²) >= 11 is 0. The van der Waals surface area contributed by atoms with Gasteiger partial charge in [0, 0.05) is 34.5 Å². The molecule has 1 aliphatic rings. The second-order valence-electron chi connectivity index (χ2n) is 8.67. The summed E-state index contributed by atoms with van der Waals surface area (Å²) in [5.41, 5.74) is 5.62. The van der Waals surface area contributed by atoms with Crippen LogP contribution in [-0.4, -0.2) is 17.8 Å². The van der Waals surface area contributed by atoms with Gasteiger partial charge in [-0.25, -0.2) is 4.39 Å². The molecule has 4 nitrogen and oxygen atoms in total. The predicted molar refractivity (Wildman–Crippen MR) is 134 cm³/mol. The second-order valence-corrected chi connectivity index (χ2v) is 8.67. The number of allylic oxidation sites excluding steroid dienone is 5. The highest BCUT2D eigenvalue weighted by Gasteiger charge is 2.27. The van der Waals surface area contributed by atoms with Crippen LogP contribution in [0.5, 0.6) is 11.5 Å². The number of phenols is 1. The molecule has 2 N–H and O–H groups in total. The molecular weight excluding hydrogens is 417 g/mol. The number of fused-ring (bicyclic) bond motifs is 1. The molecule has 174 valence electrons. The van der Waals surface area contributed by atoms with Gasteiger partial charge >= 0.3 is 0 Å². The van der Waals surface area contributed by atoms with Crippen molar-refractivity contribution >= 4 is 11.3 Å². The highest BCUT2D eigenvalue weighted by molar-refractivity contribution is 5.88. The Bertz CT molecular complexity index is 1140. The van der Waals surface area contributed by atoms with E-state index in [1.165, 1.54) is 12.2 Å². The van der Waals surface area contributed by atoms with Gasteiger partial charge in [0.05, 0.1) is 12.6 Å². The third-order valence-electron chi connectivity index (χ3n) is 5.43. The lowest BCUT2D eigenvalue weighted by atomic mass is 9.85. The molecule has 1 heterocycles. The fraction of sp³-hybridized carbons (Fsp3) is 0.286. The number of methoxy groups -OCH3 is 1. The van der Waals surface area contributed by atoms with Crippen LogP contribution in [0.1, 0.15) is 45.2 Å². The maximum Gasteiger partial charge on any atom is 0.130 e. The Hall–Kier alpha value is -3.47. The van der Waals surface area contributed by atoms with Crippen LogP contribution in [-0.2, 0) is 11.3 Å². The minimum Gasteiger partial charge on any atom is -0.508 e. The first-order valence-electron chi connectivity index (χ1n) is 11.0. The van der Waals surface area contributed by atoms with Crippen LogP contribution in [0, 0.1) is 0 Å². The predicted octanol–water partition coefficient (Wildman–Crippen LogP) is 7.53. The van der Waals surface area contributed by atoms with Gasteiger partial charge in [0.15, 0.2) is 0 Å². The van der Waals surface area contributed by atoms with Crippen LogP contribution in [0.4, 0.5) is 10.1 Å². The Labute approximate surface area is 195 Å². The van der Waals surface area contributed by atoms with Crippen molar-refractivity contribution in [2.45, 2.75) is 46.3 Å². The smallest absolute Gasteiger partial charge is 0.130 e. The largest absolute Gasteiger partial charge is 0.508 e. The summed E-state index contributed by atoms with van der Waals surface area (Å²) in [7, 11) is 1.57. The molecule has 0 atom stereocenters. The number of phenolic OH excluding ortho intramolecular Hbond substituents is 1. The number of halogens is 1. The molecule has 1 aliphatic heterocycles. The minimum atomic E-state index is -0.406. The first-order valence-corrected chi connectivity index (χ1v) is 11.0. The Morgan fingerprint density at radius 3 is 2.64 bits per heavy atom. The summed E-state index contributed by atoms with van der Waals surface area (Å²) < 4.78 is 25.5. The van der Waals surface area contributed by atoms with Gasteiger partial charge in [-0.15, -0.1) is 0 Å². The van der Waals surface area contributed by atoms with Crippen LogP contribution in [0.15, 0.2) is 72.8 Å². The normalized spacial score (nSPS) is 15.0. The quantitative estimate of drug-likeness (QED) is 0.323. The molecule has 0 bridgehead atoms. The number of anilines is 1. The SMILES string of the molecule is C=C(/C=C(F)\C=C/CC)OCc1c(-c2ccc(O)cc2OC)ccc2c1C(C)=CC(C)(C)N2. The van der Waals surface area contributed by atoms with Crippen LogP contribution in [0.3, 0.4) is 0 Å². The molecule has 33 heavy (non-hydrogen) atoms. The van der Waals surface area contributed by atoms with Crippen molar-refractivity contribution in [1.82, 2.24) is 0 Å². The van der Waals surface area contributed by atoms with E-state index in [1.54, 1.807) is 25.3 Å². The van der Waals surface area contributed by atoms with E-state index in [4.69, 9.17) is 9.47 Å². The molecule has 0 aliphatic carbocycles. The number of ether oxygens (including phenoxy) is 2. The molecule has 0 aromatic heterocycles. The summed E-state index contributed by atoms with van der Waals surface area (Å²) in [6.45, 7) is 12.3. The van der Waals surface area contributed by atoms with Gasteiger partial charge in [-0.3, -0.25) is 0 Å². The molecule has 0 saturated heterocycles. The van der Waals surface area contributed by atoms with Gasteiger partial charge in [0.25, 0.3) is 0 Å². The standard InChI is InChI=1S/C28H32FNO3/c1-7-8-9-20(29)14-19(3)33-17-24-22(23-11-10-21(31)15-26(23)32-6)12-13-25-27(24)18(2)16-28(4,5)30-25/h8-16,30-31H,3,7,17H2,1-2,4-6H3/b9-8-,20-14+. The Balaban J connectivity index is 2.08. The van der Waals surface area contributed by atoms with Crippen LogP contribution >= 0.6 is 0 Å². The fourth-order valence-corrected chi connectivity index (χ4v) is 4.14. The van der Waals surface area contributed by atoms with E-state index < -0.39 is 5.83 Å². The first-order chi connectivity index (χ1) is 15.6. The van der Waals surface area contributed by atoms with E-state index in [2.05, 4.69) is 38.7 Å². The number of aromatic hydroxyl groups is 1. The van der Waals surface area contributed by atoms with Crippen molar-refractivity contribution in [3.05, 3.63) is 83.9 Å². The average Bonchev–Trinajstić information content (AvgIpc) is 2.75. The first kappa shape index (κ1) is 24.2. The molecule has 0 spiro atoms. The topological polar surface area (TPSA) is 50.7 Å². The molecule has 5 heteroatoms. The van der Waals surface area contributed by atoms with Crippen molar-refractivity contribution in [3.63, 3.8) is 0 Å². The molecule has 2 aromatic carbocycles. The molecule has 0 saturated carbocycles. The van der Waals surface area contributed by atoms with Gasteiger partial charge in [0.2, 0.25) is 0 Å². The summed E-state index contributed by atoms with van der Waals surface area (Å²) in [5.74, 6) is 0.508. The van der Waals surface area contributed by atoms with Gasteiger partial charge in [-0.2, -0.15) is 0 Å². The van der Waals surface area contributed by atoms with E-state index >= 15 is 0 Å². The third kappa shape index (κ3) is 5.67. The molecule has 0 radical (unpaired) electrons. The van der Waals surface area contributed by atoms with Crippen molar-refractivity contribution in [2.75, 3.05) is 12.4 Å². The van der Waals surface area contributed by atoms with Crippen molar-refractivity contribution < 1.29 is 19.0 Å². The van der Waals surface area contributed by atoms with Crippen molar-refractivity contribution in [2.24, 2.45) is 0 Å². The lowest BCUT2D eigenvalue weighted by molar-refractivity contribution is 0.212. The highest BCUT2D eigenvalue weighted by atomic mass is 19.1. The fourth-order valence-electron chi connectivity index (χ4n) is 4.14. The van der Waals surface area contributed by atoms with Gasteiger partial charge < -0.3 is 19.9 Å². The van der Waals surface area contributed by atoms with Gasteiger partial charge in [-0.05, 0) is 62.6 Å². The second kappa shape index (κ2) is 9.99. The minimum absolute atomic E-state index is 0.125. The van der Waals surface area contributed by atoms with Crippen molar-refractivity contribution in [1.29, 1.82) is 0 Å². The van der Waals surface area contributed by atoms with Crippen LogP contribution in [0.2, 0.25) is 0 Å². The monoisotopic (exact) mass is 449 g/mol. The van der Waals surface area contributed by atoms with E-state index in [0.717, 1.165) is 39.9 Å². The van der Waals surface area contributed by atoms with E-state index in [-0.39, 0.29) is 23.7 Å². The third-order valence-corrected chi connectivity index (χ3v) is 5.43. The Morgan fingerprint density at radius 1 is 1.21 bits per heavy atom. The summed E-state index contributed by atoms with van der Waals surface area (Å²) in [4.78, 5) is 0.